The molecule has 0 spiro atoms. The number of likely N-dealkylation sites (N-methyl/N-ethyl adjacent to an activating group) is 1. The van der Waals surface area contributed by atoms with Crippen LogP contribution in [0.4, 0.5) is 30.8 Å². The predicted octanol–water partition coefficient (Wildman–Crippen LogP) is 5.79. The highest BCUT2D eigenvalue weighted by Crippen LogP contribution is 2.33. The molecule has 4 aromatic rings. The molecule has 1 unspecified atom stereocenters. The number of anilines is 3. The van der Waals surface area contributed by atoms with E-state index in [-0.39, 0.29) is 49.3 Å². The van der Waals surface area contributed by atoms with E-state index in [1.165, 1.54) is 18.2 Å². The summed E-state index contributed by atoms with van der Waals surface area (Å²) in [5, 5.41) is 12.2. The molecular weight excluding hydrogens is 803 g/mol. The first-order chi connectivity index (χ1) is 29.6. The van der Waals surface area contributed by atoms with E-state index in [1.807, 2.05) is 17.7 Å². The standard InChI is InChI=1S/C45H52F2N8O7/c1-26(2)41(52-38(56)9-7-6-8-22-55-39(57)20-21-40(55)58)44(60)48-27(3)43(59)50-29-12-10-28(11-13-29)25-62-45(61)53(4)31-15-18-36-33(24-31)32-16-19-37(51-42(32)54(36)5)49-30-14-17-34(46)35(47)23-30/h10-14,16-17,19-21,23,26-27,31,41H,6-9,15,18,22,24-25H2,1-5H3,(H,48,60)(H,49,51)(H,50,59)(H,52,56)/t27-,31?,41-/m0/s1. The van der Waals surface area contributed by atoms with Gasteiger partial charge in [-0.3, -0.25) is 28.9 Å². The second-order valence-electron chi connectivity index (χ2n) is 16.0. The Morgan fingerprint density at radius 1 is 0.887 bits per heavy atom. The zero-order valence-electron chi connectivity index (χ0n) is 35.4. The maximum Gasteiger partial charge on any atom is 0.410 e. The summed E-state index contributed by atoms with van der Waals surface area (Å²) in [7, 11) is 3.66. The number of fused-ring (bicyclic) bond motifs is 3. The first kappa shape index (κ1) is 44.9. The Kier molecular flexibility index (Phi) is 14.3. The van der Waals surface area contributed by atoms with Crippen LogP contribution in [0.1, 0.15) is 69.7 Å². The van der Waals surface area contributed by atoms with Crippen LogP contribution in [0.5, 0.6) is 0 Å². The molecule has 328 valence electrons. The average Bonchev–Trinajstić information content (AvgIpc) is 3.72. The summed E-state index contributed by atoms with van der Waals surface area (Å²) < 4.78 is 34.9. The van der Waals surface area contributed by atoms with Crippen LogP contribution in [0.3, 0.4) is 0 Å². The van der Waals surface area contributed by atoms with Gasteiger partial charge in [-0.15, -0.1) is 0 Å². The Balaban J connectivity index is 0.929. The van der Waals surface area contributed by atoms with Gasteiger partial charge in [0.2, 0.25) is 17.7 Å². The number of hydrogen-bond acceptors (Lipinski definition) is 9. The molecule has 6 rings (SSSR count). The maximum absolute atomic E-state index is 13.8. The van der Waals surface area contributed by atoms with Crippen LogP contribution in [-0.2, 0) is 55.2 Å². The Hall–Kier alpha value is -6.65. The highest BCUT2D eigenvalue weighted by molar-refractivity contribution is 6.12. The van der Waals surface area contributed by atoms with Gasteiger partial charge in [0.1, 0.15) is 30.2 Å². The molecule has 0 saturated carbocycles. The highest BCUT2D eigenvalue weighted by atomic mass is 19.2. The van der Waals surface area contributed by atoms with Crippen molar-refractivity contribution in [3.63, 3.8) is 0 Å². The monoisotopic (exact) mass is 854 g/mol. The minimum atomic E-state index is -0.953. The van der Waals surface area contributed by atoms with E-state index >= 15 is 0 Å². The second-order valence-corrected chi connectivity index (χ2v) is 16.0. The number of nitrogens with zero attached hydrogens (tertiary/aromatic N) is 4. The Morgan fingerprint density at radius 2 is 1.60 bits per heavy atom. The number of aryl methyl sites for hydroxylation is 1. The van der Waals surface area contributed by atoms with E-state index in [0.717, 1.165) is 52.2 Å². The number of halogens is 2. The van der Waals surface area contributed by atoms with Crippen LogP contribution in [0.25, 0.3) is 11.0 Å². The smallest absolute Gasteiger partial charge is 0.410 e. The molecule has 2 aliphatic rings. The minimum Gasteiger partial charge on any atom is -0.445 e. The topological polar surface area (TPSA) is 184 Å². The molecule has 1 aliphatic carbocycles. The normalized spacial score (nSPS) is 15.6. The summed E-state index contributed by atoms with van der Waals surface area (Å²) >= 11 is 0. The third kappa shape index (κ3) is 10.8. The fourth-order valence-electron chi connectivity index (χ4n) is 7.60. The van der Waals surface area contributed by atoms with Crippen molar-refractivity contribution in [2.24, 2.45) is 13.0 Å². The molecule has 3 heterocycles. The van der Waals surface area contributed by atoms with Crippen LogP contribution in [-0.4, -0.2) is 86.7 Å². The second kappa shape index (κ2) is 19.8. The van der Waals surface area contributed by atoms with Crippen LogP contribution in [0.2, 0.25) is 0 Å². The molecular formula is C45H52F2N8O7. The quantitative estimate of drug-likeness (QED) is 0.0755. The largest absolute Gasteiger partial charge is 0.445 e. The van der Waals surface area contributed by atoms with Gasteiger partial charge in [0.15, 0.2) is 11.6 Å². The van der Waals surface area contributed by atoms with Gasteiger partial charge < -0.3 is 35.5 Å². The van der Waals surface area contributed by atoms with Gasteiger partial charge in [-0.25, -0.2) is 18.6 Å². The molecule has 0 fully saturated rings. The lowest BCUT2D eigenvalue weighted by Crippen LogP contribution is -2.53. The number of rotatable bonds is 17. The van der Waals surface area contributed by atoms with Crippen molar-refractivity contribution in [1.82, 2.24) is 30.0 Å². The van der Waals surface area contributed by atoms with E-state index in [4.69, 9.17) is 9.72 Å². The van der Waals surface area contributed by atoms with Crippen molar-refractivity contribution in [2.75, 3.05) is 24.2 Å². The molecule has 6 amide bonds. The van der Waals surface area contributed by atoms with Gasteiger partial charge in [-0.1, -0.05) is 32.4 Å². The lowest BCUT2D eigenvalue weighted by molar-refractivity contribution is -0.137. The van der Waals surface area contributed by atoms with Crippen molar-refractivity contribution < 1.29 is 42.3 Å². The van der Waals surface area contributed by atoms with E-state index < -0.39 is 41.6 Å². The molecule has 2 aromatic carbocycles. The molecule has 0 radical (unpaired) electrons. The fourth-order valence-corrected chi connectivity index (χ4v) is 7.60. The van der Waals surface area contributed by atoms with Gasteiger partial charge >= 0.3 is 6.09 Å². The maximum atomic E-state index is 13.8. The van der Waals surface area contributed by atoms with Crippen LogP contribution >= 0.6 is 0 Å². The third-order valence-corrected chi connectivity index (χ3v) is 11.2. The lowest BCUT2D eigenvalue weighted by atomic mass is 9.91. The summed E-state index contributed by atoms with van der Waals surface area (Å²) in [4.78, 5) is 82.9. The summed E-state index contributed by atoms with van der Waals surface area (Å²) in [6, 6.07) is 12.2. The van der Waals surface area contributed by atoms with Gasteiger partial charge in [0.05, 0.1) is 0 Å². The summed E-state index contributed by atoms with van der Waals surface area (Å²) in [5.74, 6) is -3.59. The SMILES string of the molecule is CC(C)[C@H](NC(=O)CCCCCN1C(=O)C=CC1=O)C(=O)N[C@@H](C)C(=O)Nc1ccc(COC(=O)N(C)C2CCc3c(c4ccc(Nc5ccc(F)c(F)c5)nc4n3C)C2)cc1. The Labute approximate surface area is 358 Å². The molecule has 62 heavy (non-hydrogen) atoms. The summed E-state index contributed by atoms with van der Waals surface area (Å²) in [6.07, 6.45) is 5.90. The van der Waals surface area contributed by atoms with Crippen LogP contribution in [0, 0.1) is 17.6 Å². The number of nitrogens with one attached hydrogen (secondary N) is 4. The van der Waals surface area contributed by atoms with Gasteiger partial charge in [-0.05, 0) is 92.5 Å². The van der Waals surface area contributed by atoms with E-state index in [2.05, 4.69) is 21.3 Å². The average molecular weight is 855 g/mol. The van der Waals surface area contributed by atoms with E-state index in [9.17, 15) is 37.5 Å². The van der Waals surface area contributed by atoms with Crippen molar-refractivity contribution >= 4 is 63.9 Å². The number of carbonyl (C=O) groups excluding carboxylic acids is 6. The van der Waals surface area contributed by atoms with Crippen molar-refractivity contribution in [3.8, 4) is 0 Å². The molecule has 4 N–H and O–H groups in total. The highest BCUT2D eigenvalue weighted by Gasteiger charge is 2.31. The summed E-state index contributed by atoms with van der Waals surface area (Å²) in [5.41, 5.74) is 4.50. The van der Waals surface area contributed by atoms with Crippen LogP contribution in [0.15, 0.2) is 66.7 Å². The number of aromatic nitrogens is 2. The first-order valence-corrected chi connectivity index (χ1v) is 20.7. The van der Waals surface area contributed by atoms with Gasteiger partial charge in [-0.2, -0.15) is 0 Å². The molecule has 15 nitrogen and oxygen atoms in total. The first-order valence-electron chi connectivity index (χ1n) is 20.7. The molecule has 3 atom stereocenters. The molecule has 1 aliphatic heterocycles. The number of imide groups is 1. The zero-order chi connectivity index (χ0) is 44.7. The Bertz CT molecular complexity index is 2360. The number of amides is 6. The van der Waals surface area contributed by atoms with Gasteiger partial charge in [0.25, 0.3) is 11.8 Å². The number of unbranched alkanes of at least 4 members (excludes halogenated alkanes) is 2. The van der Waals surface area contributed by atoms with Crippen LogP contribution < -0.4 is 21.3 Å². The van der Waals surface area contributed by atoms with Crippen molar-refractivity contribution in [2.45, 2.75) is 90.4 Å². The molecule has 0 bridgehead atoms. The molecule has 17 heteroatoms. The lowest BCUT2D eigenvalue weighted by Gasteiger charge is -2.31. The zero-order valence-corrected chi connectivity index (χ0v) is 35.4. The number of pyridine rings is 1. The molecule has 2 aromatic heterocycles. The van der Waals surface area contributed by atoms with Crippen molar-refractivity contribution in [3.05, 3.63) is 95.2 Å². The predicted molar refractivity (Wildman–Crippen MR) is 228 cm³/mol. The summed E-state index contributed by atoms with van der Waals surface area (Å²) in [6.45, 7) is 5.42. The number of carbonyl (C=O) groups is 6. The third-order valence-electron chi connectivity index (χ3n) is 11.2. The van der Waals surface area contributed by atoms with E-state index in [0.29, 0.717) is 48.4 Å². The van der Waals surface area contributed by atoms with Crippen molar-refractivity contribution in [1.29, 1.82) is 0 Å². The Morgan fingerprint density at radius 3 is 2.29 bits per heavy atom. The number of benzene rings is 2. The minimum absolute atomic E-state index is 0.00833. The number of hydrogen-bond donors (Lipinski definition) is 4. The fraction of sp³-hybridized carbons (Fsp3) is 0.400. The van der Waals surface area contributed by atoms with Gasteiger partial charge in [0, 0.05) is 73.8 Å². The number of ether oxygens (including phenoxy) is 1. The molecule has 0 saturated heterocycles. The van der Waals surface area contributed by atoms with E-state index in [1.54, 1.807) is 63.1 Å².